The van der Waals surface area contributed by atoms with Gasteiger partial charge < -0.3 is 14.6 Å². The van der Waals surface area contributed by atoms with Crippen molar-refractivity contribution in [1.82, 2.24) is 0 Å². The summed E-state index contributed by atoms with van der Waals surface area (Å²) in [6.07, 6.45) is 25.8. The predicted octanol–water partition coefficient (Wildman–Crippen LogP) is 7.83. The second kappa shape index (κ2) is 26.2. The lowest BCUT2D eigenvalue weighted by molar-refractivity contribution is -0.161. The Kier molecular flexibility index (Phi) is 25.2. The minimum Gasteiger partial charge on any atom is -0.462 e. The molecule has 0 amide bonds. The molecule has 0 aromatic rings. The second-order valence-corrected chi connectivity index (χ2v) is 9.48. The van der Waals surface area contributed by atoms with Gasteiger partial charge in [0.2, 0.25) is 0 Å². The van der Waals surface area contributed by atoms with Gasteiger partial charge in [-0.05, 0) is 38.5 Å². The molecule has 200 valence electrons. The van der Waals surface area contributed by atoms with Gasteiger partial charge in [-0.2, -0.15) is 0 Å². The van der Waals surface area contributed by atoms with Crippen molar-refractivity contribution in [2.24, 2.45) is 0 Å². The molecule has 0 saturated heterocycles. The van der Waals surface area contributed by atoms with Crippen molar-refractivity contribution >= 4 is 11.9 Å². The highest BCUT2D eigenvalue weighted by Gasteiger charge is 2.16. The van der Waals surface area contributed by atoms with E-state index < -0.39 is 6.10 Å². The lowest BCUT2D eigenvalue weighted by Gasteiger charge is -2.15. The first kappa shape index (κ1) is 32.6. The van der Waals surface area contributed by atoms with Crippen LogP contribution in [-0.4, -0.2) is 36.4 Å². The maximum Gasteiger partial charge on any atom is 0.306 e. The number of aliphatic hydroxyl groups excluding tert-OH is 1. The molecule has 1 N–H and O–H groups in total. The summed E-state index contributed by atoms with van der Waals surface area (Å²) in [6, 6.07) is 0. The SMILES string of the molecule is CCCCCCCCC=CCCCCCCCC(=O)OCC(CO)OC(=O)CCCCCCC. The summed E-state index contributed by atoms with van der Waals surface area (Å²) in [7, 11) is 0. The topological polar surface area (TPSA) is 72.8 Å². The Balaban J connectivity index is 3.56. The van der Waals surface area contributed by atoms with Crippen molar-refractivity contribution in [2.75, 3.05) is 13.2 Å². The van der Waals surface area contributed by atoms with Crippen LogP contribution in [0.5, 0.6) is 0 Å². The molecule has 0 spiro atoms. The van der Waals surface area contributed by atoms with Crippen LogP contribution < -0.4 is 0 Å². The van der Waals surface area contributed by atoms with E-state index in [1.807, 2.05) is 0 Å². The summed E-state index contributed by atoms with van der Waals surface area (Å²) in [5.41, 5.74) is 0. The Labute approximate surface area is 210 Å². The lowest BCUT2D eigenvalue weighted by atomic mass is 10.1. The van der Waals surface area contributed by atoms with Gasteiger partial charge in [0.1, 0.15) is 6.61 Å². The van der Waals surface area contributed by atoms with Gasteiger partial charge >= 0.3 is 11.9 Å². The zero-order valence-electron chi connectivity index (χ0n) is 22.4. The summed E-state index contributed by atoms with van der Waals surface area (Å²) >= 11 is 0. The summed E-state index contributed by atoms with van der Waals surface area (Å²) in [5, 5.41) is 9.37. The highest BCUT2D eigenvalue weighted by atomic mass is 16.6. The van der Waals surface area contributed by atoms with Gasteiger partial charge in [-0.25, -0.2) is 0 Å². The Morgan fingerprint density at radius 2 is 1.09 bits per heavy atom. The normalized spacial score (nSPS) is 12.2. The van der Waals surface area contributed by atoms with Crippen LogP contribution in [0, 0.1) is 0 Å². The van der Waals surface area contributed by atoms with E-state index in [0.717, 1.165) is 44.9 Å². The van der Waals surface area contributed by atoms with E-state index in [1.165, 1.54) is 70.6 Å². The maximum atomic E-state index is 11.9. The average Bonchev–Trinajstić information content (AvgIpc) is 2.84. The number of aliphatic hydroxyl groups is 1. The molecular weight excluding hydrogens is 428 g/mol. The third-order valence-electron chi connectivity index (χ3n) is 6.06. The molecule has 0 rings (SSSR count). The number of carbonyl (C=O) groups excluding carboxylic acids is 2. The molecule has 0 radical (unpaired) electrons. The molecule has 0 heterocycles. The number of carbonyl (C=O) groups is 2. The zero-order valence-corrected chi connectivity index (χ0v) is 22.4. The first-order valence-electron chi connectivity index (χ1n) is 14.2. The lowest BCUT2D eigenvalue weighted by Crippen LogP contribution is -2.28. The monoisotopic (exact) mass is 482 g/mol. The molecule has 34 heavy (non-hydrogen) atoms. The molecule has 0 fully saturated rings. The fourth-order valence-corrected chi connectivity index (χ4v) is 3.84. The summed E-state index contributed by atoms with van der Waals surface area (Å²) in [5.74, 6) is -0.615. The molecule has 0 aliphatic heterocycles. The van der Waals surface area contributed by atoms with Crippen molar-refractivity contribution in [2.45, 2.75) is 148 Å². The smallest absolute Gasteiger partial charge is 0.306 e. The van der Waals surface area contributed by atoms with E-state index in [2.05, 4.69) is 26.0 Å². The standard InChI is InChI=1S/C29H54O5/c1-3-5-7-9-10-11-12-13-14-15-16-17-18-20-21-23-28(31)33-26-27(25-30)34-29(32)24-22-19-8-6-4-2/h13-14,27,30H,3-12,15-26H2,1-2H3. The van der Waals surface area contributed by atoms with Gasteiger partial charge in [0, 0.05) is 12.8 Å². The Morgan fingerprint density at radius 3 is 1.59 bits per heavy atom. The minimum atomic E-state index is -0.763. The molecule has 5 heteroatoms. The molecule has 0 bridgehead atoms. The molecule has 1 unspecified atom stereocenters. The van der Waals surface area contributed by atoms with Crippen molar-refractivity contribution in [3.63, 3.8) is 0 Å². The highest BCUT2D eigenvalue weighted by Crippen LogP contribution is 2.11. The fraction of sp³-hybridized carbons (Fsp3) is 0.862. The van der Waals surface area contributed by atoms with Crippen molar-refractivity contribution in [3.8, 4) is 0 Å². The van der Waals surface area contributed by atoms with Gasteiger partial charge in [-0.3, -0.25) is 9.59 Å². The molecule has 0 aromatic carbocycles. The number of hydrogen-bond donors (Lipinski definition) is 1. The van der Waals surface area contributed by atoms with Crippen LogP contribution in [0.15, 0.2) is 12.2 Å². The quantitative estimate of drug-likeness (QED) is 0.0815. The first-order valence-corrected chi connectivity index (χ1v) is 14.2. The molecule has 0 aromatic heterocycles. The predicted molar refractivity (Wildman–Crippen MR) is 141 cm³/mol. The molecule has 5 nitrogen and oxygen atoms in total. The second-order valence-electron chi connectivity index (χ2n) is 9.48. The zero-order chi connectivity index (χ0) is 25.1. The average molecular weight is 483 g/mol. The minimum absolute atomic E-state index is 0.0675. The van der Waals surface area contributed by atoms with Crippen LogP contribution in [0.2, 0.25) is 0 Å². The summed E-state index contributed by atoms with van der Waals surface area (Å²) in [6.45, 7) is 4.01. The number of ether oxygens (including phenoxy) is 2. The van der Waals surface area contributed by atoms with E-state index in [9.17, 15) is 14.7 Å². The van der Waals surface area contributed by atoms with Crippen LogP contribution in [0.1, 0.15) is 142 Å². The summed E-state index contributed by atoms with van der Waals surface area (Å²) < 4.78 is 10.4. The van der Waals surface area contributed by atoms with Crippen molar-refractivity contribution < 1.29 is 24.2 Å². The summed E-state index contributed by atoms with van der Waals surface area (Å²) in [4.78, 5) is 23.7. The van der Waals surface area contributed by atoms with Crippen LogP contribution in [0.4, 0.5) is 0 Å². The van der Waals surface area contributed by atoms with E-state index in [4.69, 9.17) is 9.47 Å². The van der Waals surface area contributed by atoms with E-state index in [1.54, 1.807) is 0 Å². The molecular formula is C29H54O5. The molecule has 0 aliphatic carbocycles. The van der Waals surface area contributed by atoms with Crippen LogP contribution in [0.3, 0.4) is 0 Å². The Hall–Kier alpha value is -1.36. The Morgan fingerprint density at radius 1 is 0.647 bits per heavy atom. The first-order chi connectivity index (χ1) is 16.6. The number of hydrogen-bond acceptors (Lipinski definition) is 5. The number of rotatable bonds is 25. The van der Waals surface area contributed by atoms with Crippen molar-refractivity contribution in [3.05, 3.63) is 12.2 Å². The Bertz CT molecular complexity index is 489. The third-order valence-corrected chi connectivity index (χ3v) is 6.06. The largest absolute Gasteiger partial charge is 0.462 e. The number of unbranched alkanes of at least 4 members (excludes halogenated alkanes) is 15. The van der Waals surface area contributed by atoms with Gasteiger partial charge in [-0.15, -0.1) is 0 Å². The molecule has 0 aliphatic rings. The molecule has 1 atom stereocenters. The van der Waals surface area contributed by atoms with Crippen LogP contribution in [-0.2, 0) is 19.1 Å². The van der Waals surface area contributed by atoms with Crippen LogP contribution in [0.25, 0.3) is 0 Å². The van der Waals surface area contributed by atoms with Crippen LogP contribution >= 0.6 is 0 Å². The maximum absolute atomic E-state index is 11.9. The molecule has 0 saturated carbocycles. The van der Waals surface area contributed by atoms with E-state index >= 15 is 0 Å². The van der Waals surface area contributed by atoms with Gasteiger partial charge in [0.15, 0.2) is 6.10 Å². The van der Waals surface area contributed by atoms with E-state index in [0.29, 0.717) is 12.8 Å². The fourth-order valence-electron chi connectivity index (χ4n) is 3.84. The highest BCUT2D eigenvalue weighted by molar-refractivity contribution is 5.70. The van der Waals surface area contributed by atoms with Gasteiger partial charge in [-0.1, -0.05) is 103 Å². The van der Waals surface area contributed by atoms with Crippen molar-refractivity contribution in [1.29, 1.82) is 0 Å². The number of esters is 2. The third kappa shape index (κ3) is 23.8. The van der Waals surface area contributed by atoms with Gasteiger partial charge in [0.05, 0.1) is 6.61 Å². The van der Waals surface area contributed by atoms with Gasteiger partial charge in [0.25, 0.3) is 0 Å². The van der Waals surface area contributed by atoms with E-state index in [-0.39, 0.29) is 25.2 Å². The number of allylic oxidation sites excluding steroid dienone is 2.